The predicted octanol–water partition coefficient (Wildman–Crippen LogP) is 2.22. The topological polar surface area (TPSA) is 55.0 Å². The summed E-state index contributed by atoms with van der Waals surface area (Å²) in [6, 6.07) is 0. The Kier molecular flexibility index (Phi) is 2.65. The van der Waals surface area contributed by atoms with Crippen LogP contribution in [0.1, 0.15) is 38.5 Å². The summed E-state index contributed by atoms with van der Waals surface area (Å²) in [5.41, 5.74) is 6.26. The molecule has 17 heavy (non-hydrogen) atoms. The van der Waals surface area contributed by atoms with E-state index in [4.69, 9.17) is 5.73 Å². The van der Waals surface area contributed by atoms with Gasteiger partial charge in [0.25, 0.3) is 0 Å². The minimum absolute atomic E-state index is 0.520. The lowest BCUT2D eigenvalue weighted by atomic mass is 9.73. The number of hydrogen-bond acceptors (Lipinski definition) is 4. The van der Waals surface area contributed by atoms with E-state index in [0.29, 0.717) is 11.2 Å². The summed E-state index contributed by atoms with van der Waals surface area (Å²) in [6.45, 7) is 2.25. The summed E-state index contributed by atoms with van der Waals surface area (Å²) in [6.07, 6.45) is 11.7. The van der Waals surface area contributed by atoms with E-state index in [1.165, 1.54) is 38.5 Å². The van der Waals surface area contributed by atoms with Crippen molar-refractivity contribution in [3.63, 3.8) is 0 Å². The van der Waals surface area contributed by atoms with Crippen LogP contribution in [-0.4, -0.2) is 23.1 Å². The molecule has 0 atom stereocenters. The Morgan fingerprint density at radius 2 is 1.94 bits per heavy atom. The summed E-state index contributed by atoms with van der Waals surface area (Å²) >= 11 is 0. The zero-order valence-electron chi connectivity index (χ0n) is 10.2. The monoisotopic (exact) mass is 232 g/mol. The van der Waals surface area contributed by atoms with Crippen LogP contribution in [0.2, 0.25) is 0 Å². The van der Waals surface area contributed by atoms with E-state index in [-0.39, 0.29) is 0 Å². The van der Waals surface area contributed by atoms with Crippen molar-refractivity contribution < 1.29 is 0 Å². The van der Waals surface area contributed by atoms with Crippen molar-refractivity contribution in [2.24, 2.45) is 5.41 Å². The summed E-state index contributed by atoms with van der Waals surface area (Å²) in [5.74, 6) is 1.47. The zero-order valence-corrected chi connectivity index (χ0v) is 10.2. The number of hydrogen-bond donors (Lipinski definition) is 1. The zero-order chi connectivity index (χ0) is 11.7. The van der Waals surface area contributed by atoms with E-state index in [1.54, 1.807) is 6.20 Å². The predicted molar refractivity (Wildman–Crippen MR) is 68.8 cm³/mol. The minimum Gasteiger partial charge on any atom is -0.382 e. The van der Waals surface area contributed by atoms with Gasteiger partial charge in [0.1, 0.15) is 11.6 Å². The molecule has 0 unspecified atom stereocenters. The second-order valence-electron chi connectivity index (χ2n) is 5.53. The Bertz CT molecular complexity index is 398. The first-order valence-electron chi connectivity index (χ1n) is 6.60. The van der Waals surface area contributed by atoms with Crippen LogP contribution in [0.15, 0.2) is 12.4 Å². The number of rotatable bonds is 1. The number of aromatic nitrogens is 2. The van der Waals surface area contributed by atoms with Gasteiger partial charge in [-0.15, -0.1) is 0 Å². The third kappa shape index (κ3) is 2.08. The summed E-state index contributed by atoms with van der Waals surface area (Å²) in [7, 11) is 0. The summed E-state index contributed by atoms with van der Waals surface area (Å²) in [4.78, 5) is 10.9. The number of nitrogens with zero attached hydrogens (tertiary/aromatic N) is 3. The Balaban J connectivity index is 1.75. The number of nitrogens with two attached hydrogens (primary N) is 1. The molecular weight excluding hydrogens is 212 g/mol. The lowest BCUT2D eigenvalue weighted by Gasteiger charge is -2.33. The van der Waals surface area contributed by atoms with Crippen LogP contribution in [0.3, 0.4) is 0 Å². The SMILES string of the molecule is Nc1cncc(N2CCC3(CCCCC3)C2)n1. The average molecular weight is 232 g/mol. The Labute approximate surface area is 102 Å². The molecule has 2 fully saturated rings. The van der Waals surface area contributed by atoms with Crippen LogP contribution in [0, 0.1) is 5.41 Å². The van der Waals surface area contributed by atoms with Gasteiger partial charge in [-0.05, 0) is 24.7 Å². The van der Waals surface area contributed by atoms with Crippen LogP contribution in [0.25, 0.3) is 0 Å². The first-order valence-corrected chi connectivity index (χ1v) is 6.60. The molecule has 2 N–H and O–H groups in total. The van der Waals surface area contributed by atoms with Gasteiger partial charge in [-0.3, -0.25) is 4.98 Å². The molecular formula is C13H20N4. The van der Waals surface area contributed by atoms with Gasteiger partial charge in [-0.2, -0.15) is 0 Å². The van der Waals surface area contributed by atoms with Crippen molar-refractivity contribution in [3.8, 4) is 0 Å². The molecule has 1 aliphatic heterocycles. The Morgan fingerprint density at radius 1 is 1.12 bits per heavy atom. The summed E-state index contributed by atoms with van der Waals surface area (Å²) < 4.78 is 0. The first kappa shape index (κ1) is 10.8. The molecule has 0 radical (unpaired) electrons. The average Bonchev–Trinajstić information content (AvgIpc) is 2.74. The highest BCUT2D eigenvalue weighted by atomic mass is 15.2. The number of anilines is 2. The van der Waals surface area contributed by atoms with Gasteiger partial charge in [0.2, 0.25) is 0 Å². The van der Waals surface area contributed by atoms with Gasteiger partial charge in [0, 0.05) is 13.1 Å². The number of nitrogen functional groups attached to an aromatic ring is 1. The van der Waals surface area contributed by atoms with Gasteiger partial charge in [0.05, 0.1) is 12.4 Å². The largest absolute Gasteiger partial charge is 0.382 e. The van der Waals surface area contributed by atoms with Gasteiger partial charge in [-0.25, -0.2) is 4.98 Å². The van der Waals surface area contributed by atoms with E-state index in [1.807, 2.05) is 6.20 Å². The third-order valence-electron chi connectivity index (χ3n) is 4.32. The minimum atomic E-state index is 0.520. The molecule has 1 spiro atoms. The fourth-order valence-corrected chi connectivity index (χ4v) is 3.36. The second kappa shape index (κ2) is 4.17. The molecule has 2 aliphatic rings. The quantitative estimate of drug-likeness (QED) is 0.806. The van der Waals surface area contributed by atoms with Gasteiger partial charge >= 0.3 is 0 Å². The Morgan fingerprint density at radius 3 is 2.71 bits per heavy atom. The molecule has 4 nitrogen and oxygen atoms in total. The molecule has 0 amide bonds. The van der Waals surface area contributed by atoms with Gasteiger partial charge < -0.3 is 10.6 Å². The molecule has 1 aromatic rings. The van der Waals surface area contributed by atoms with E-state index >= 15 is 0 Å². The molecule has 0 aromatic carbocycles. The fourth-order valence-electron chi connectivity index (χ4n) is 3.36. The fraction of sp³-hybridized carbons (Fsp3) is 0.692. The van der Waals surface area contributed by atoms with Crippen molar-refractivity contribution in [1.29, 1.82) is 0 Å². The lowest BCUT2D eigenvalue weighted by molar-refractivity contribution is 0.219. The van der Waals surface area contributed by atoms with E-state index in [9.17, 15) is 0 Å². The van der Waals surface area contributed by atoms with Crippen LogP contribution in [0.4, 0.5) is 11.6 Å². The van der Waals surface area contributed by atoms with Gasteiger partial charge in [0.15, 0.2) is 0 Å². The highest BCUT2D eigenvalue weighted by Crippen LogP contribution is 2.44. The van der Waals surface area contributed by atoms with Crippen molar-refractivity contribution in [1.82, 2.24) is 9.97 Å². The lowest BCUT2D eigenvalue weighted by Crippen LogP contribution is -2.29. The molecule has 1 aromatic heterocycles. The molecule has 1 aliphatic carbocycles. The maximum absolute atomic E-state index is 5.70. The van der Waals surface area contributed by atoms with Gasteiger partial charge in [-0.1, -0.05) is 19.3 Å². The maximum Gasteiger partial charge on any atom is 0.149 e. The molecule has 2 heterocycles. The first-order chi connectivity index (χ1) is 8.27. The maximum atomic E-state index is 5.70. The van der Waals surface area contributed by atoms with Crippen molar-refractivity contribution in [2.75, 3.05) is 23.7 Å². The highest BCUT2D eigenvalue weighted by molar-refractivity contribution is 5.43. The molecule has 3 rings (SSSR count). The molecule has 1 saturated carbocycles. The smallest absolute Gasteiger partial charge is 0.149 e. The molecule has 1 saturated heterocycles. The van der Waals surface area contributed by atoms with Crippen LogP contribution in [-0.2, 0) is 0 Å². The van der Waals surface area contributed by atoms with E-state index in [2.05, 4.69) is 14.9 Å². The van der Waals surface area contributed by atoms with Crippen molar-refractivity contribution in [2.45, 2.75) is 38.5 Å². The molecule has 4 heteroatoms. The van der Waals surface area contributed by atoms with Crippen LogP contribution in [0.5, 0.6) is 0 Å². The van der Waals surface area contributed by atoms with Crippen molar-refractivity contribution >= 4 is 11.6 Å². The standard InChI is InChI=1S/C13H20N4/c14-11-8-15-9-12(16-11)17-7-6-13(10-17)4-2-1-3-5-13/h8-9H,1-7,10H2,(H2,14,16). The van der Waals surface area contributed by atoms with Crippen LogP contribution >= 0.6 is 0 Å². The molecule has 92 valence electrons. The van der Waals surface area contributed by atoms with E-state index in [0.717, 1.165) is 18.9 Å². The molecule has 0 bridgehead atoms. The highest BCUT2D eigenvalue weighted by Gasteiger charge is 2.39. The van der Waals surface area contributed by atoms with E-state index < -0.39 is 0 Å². The summed E-state index contributed by atoms with van der Waals surface area (Å²) in [5, 5.41) is 0. The third-order valence-corrected chi connectivity index (χ3v) is 4.32. The second-order valence-corrected chi connectivity index (χ2v) is 5.53. The van der Waals surface area contributed by atoms with Crippen LogP contribution < -0.4 is 10.6 Å². The Hall–Kier alpha value is -1.32. The van der Waals surface area contributed by atoms with Crippen molar-refractivity contribution in [3.05, 3.63) is 12.4 Å². The normalized spacial score (nSPS) is 23.2.